The second kappa shape index (κ2) is 7.35. The predicted molar refractivity (Wildman–Crippen MR) is 74.9 cm³/mol. The number of thiazole rings is 1. The molecule has 2 N–H and O–H groups in total. The molecule has 1 aliphatic heterocycles. The Labute approximate surface area is 121 Å². The van der Waals surface area contributed by atoms with E-state index < -0.39 is 5.97 Å². The molecular formula is C13H18N2O4S. The van der Waals surface area contributed by atoms with Gasteiger partial charge in [-0.2, -0.15) is 0 Å². The van der Waals surface area contributed by atoms with Gasteiger partial charge in [0.2, 0.25) is 5.91 Å². The highest BCUT2D eigenvalue weighted by atomic mass is 32.1. The molecular weight excluding hydrogens is 280 g/mol. The molecule has 1 saturated heterocycles. The molecule has 2 rings (SSSR count). The second-order valence-corrected chi connectivity index (χ2v) is 5.64. The minimum absolute atomic E-state index is 0.0324. The minimum atomic E-state index is -0.801. The summed E-state index contributed by atoms with van der Waals surface area (Å²) in [6.07, 6.45) is 3.66. The molecule has 7 heteroatoms. The number of nitrogens with zero attached hydrogens (tertiary/aromatic N) is 1. The Balaban J connectivity index is 1.73. The number of hydrogen-bond donors (Lipinski definition) is 2. The van der Waals surface area contributed by atoms with Gasteiger partial charge in [-0.1, -0.05) is 0 Å². The molecule has 0 spiro atoms. The van der Waals surface area contributed by atoms with E-state index in [-0.39, 0.29) is 18.4 Å². The van der Waals surface area contributed by atoms with E-state index in [9.17, 15) is 9.59 Å². The summed E-state index contributed by atoms with van der Waals surface area (Å²) < 4.78 is 5.41. The summed E-state index contributed by atoms with van der Waals surface area (Å²) in [7, 11) is 0. The number of aryl methyl sites for hydroxylation is 1. The van der Waals surface area contributed by atoms with Crippen LogP contribution in [-0.2, 0) is 20.7 Å². The molecule has 110 valence electrons. The van der Waals surface area contributed by atoms with Crippen LogP contribution in [0.4, 0.5) is 5.13 Å². The summed E-state index contributed by atoms with van der Waals surface area (Å²) in [6.45, 7) is 0.739. The van der Waals surface area contributed by atoms with Crippen LogP contribution in [0.3, 0.4) is 0 Å². The van der Waals surface area contributed by atoms with Crippen molar-refractivity contribution in [1.82, 2.24) is 4.98 Å². The van der Waals surface area contributed by atoms with Crippen LogP contribution in [0.5, 0.6) is 0 Å². The molecule has 2 heterocycles. The van der Waals surface area contributed by atoms with Gasteiger partial charge in [0.1, 0.15) is 0 Å². The maximum atomic E-state index is 11.8. The smallest absolute Gasteiger partial charge is 0.303 e. The number of carboxylic acids is 1. The van der Waals surface area contributed by atoms with Gasteiger partial charge in [-0.3, -0.25) is 9.59 Å². The third-order valence-corrected chi connectivity index (χ3v) is 3.87. The first kappa shape index (κ1) is 14.9. The fraction of sp³-hybridized carbons (Fsp3) is 0.615. The summed E-state index contributed by atoms with van der Waals surface area (Å²) in [4.78, 5) is 26.5. The molecule has 0 aromatic carbocycles. The van der Waals surface area contributed by atoms with Gasteiger partial charge in [-0.15, -0.1) is 11.3 Å². The van der Waals surface area contributed by atoms with E-state index in [1.807, 2.05) is 5.38 Å². The average Bonchev–Trinajstić information content (AvgIpc) is 3.01. The maximum absolute atomic E-state index is 11.8. The van der Waals surface area contributed by atoms with Crippen molar-refractivity contribution in [3.63, 3.8) is 0 Å². The van der Waals surface area contributed by atoms with E-state index in [0.29, 0.717) is 24.4 Å². The summed E-state index contributed by atoms with van der Waals surface area (Å²) in [5.41, 5.74) is 0.823. The molecule has 1 unspecified atom stereocenters. The monoisotopic (exact) mass is 298 g/mol. The lowest BCUT2D eigenvalue weighted by Gasteiger charge is -2.07. The Morgan fingerprint density at radius 3 is 3.10 bits per heavy atom. The van der Waals surface area contributed by atoms with Crippen LogP contribution < -0.4 is 5.32 Å². The lowest BCUT2D eigenvalue weighted by molar-refractivity contribution is -0.137. The van der Waals surface area contributed by atoms with Crippen molar-refractivity contribution in [3.05, 3.63) is 11.1 Å². The number of aromatic nitrogens is 1. The molecule has 1 aromatic heterocycles. The number of anilines is 1. The standard InChI is InChI=1S/C13H18N2O4S/c16-11(7-10-4-2-6-19-10)15-13-14-9(8-20-13)3-1-5-12(17)18/h8,10H,1-7H2,(H,17,18)(H,14,15,16). The van der Waals surface area contributed by atoms with Crippen LogP contribution in [0.25, 0.3) is 0 Å². The van der Waals surface area contributed by atoms with Crippen molar-refractivity contribution in [2.45, 2.75) is 44.6 Å². The highest BCUT2D eigenvalue weighted by Crippen LogP contribution is 2.19. The summed E-state index contributed by atoms with van der Waals surface area (Å²) in [6, 6.07) is 0. The van der Waals surface area contributed by atoms with Crippen LogP contribution in [0.2, 0.25) is 0 Å². The molecule has 0 aliphatic carbocycles. The third kappa shape index (κ3) is 4.90. The van der Waals surface area contributed by atoms with Crippen molar-refractivity contribution in [3.8, 4) is 0 Å². The van der Waals surface area contributed by atoms with Crippen molar-refractivity contribution in [2.75, 3.05) is 11.9 Å². The first-order chi connectivity index (χ1) is 9.63. The topological polar surface area (TPSA) is 88.5 Å². The molecule has 1 atom stereocenters. The number of aliphatic carboxylic acids is 1. The fourth-order valence-electron chi connectivity index (χ4n) is 2.08. The number of ether oxygens (including phenoxy) is 1. The highest BCUT2D eigenvalue weighted by molar-refractivity contribution is 7.13. The predicted octanol–water partition coefficient (Wildman–Crippen LogP) is 2.06. The van der Waals surface area contributed by atoms with Gasteiger partial charge in [0.05, 0.1) is 18.2 Å². The molecule has 1 amide bonds. The molecule has 1 aromatic rings. The maximum Gasteiger partial charge on any atom is 0.303 e. The lowest BCUT2D eigenvalue weighted by atomic mass is 10.2. The van der Waals surface area contributed by atoms with Gasteiger partial charge in [0.15, 0.2) is 5.13 Å². The third-order valence-electron chi connectivity index (χ3n) is 3.06. The zero-order valence-corrected chi connectivity index (χ0v) is 11.9. The van der Waals surface area contributed by atoms with E-state index in [1.165, 1.54) is 11.3 Å². The number of hydrogen-bond acceptors (Lipinski definition) is 5. The van der Waals surface area contributed by atoms with E-state index in [1.54, 1.807) is 0 Å². The minimum Gasteiger partial charge on any atom is -0.481 e. The van der Waals surface area contributed by atoms with E-state index in [0.717, 1.165) is 25.1 Å². The molecule has 1 aliphatic rings. The lowest BCUT2D eigenvalue weighted by Crippen LogP contribution is -2.19. The van der Waals surface area contributed by atoms with Crippen LogP contribution in [-0.4, -0.2) is 34.7 Å². The molecule has 0 bridgehead atoms. The van der Waals surface area contributed by atoms with Gasteiger partial charge < -0.3 is 15.2 Å². The first-order valence-corrected chi connectivity index (χ1v) is 7.59. The largest absolute Gasteiger partial charge is 0.481 e. The van der Waals surface area contributed by atoms with Crippen molar-refractivity contribution in [1.29, 1.82) is 0 Å². The normalized spacial score (nSPS) is 18.1. The number of carbonyl (C=O) groups is 2. The number of carbonyl (C=O) groups excluding carboxylic acids is 1. The first-order valence-electron chi connectivity index (χ1n) is 6.71. The molecule has 1 fully saturated rings. The summed E-state index contributed by atoms with van der Waals surface area (Å²) >= 11 is 1.36. The number of nitrogens with one attached hydrogen (secondary N) is 1. The Hall–Kier alpha value is -1.47. The Morgan fingerprint density at radius 2 is 2.40 bits per heavy atom. The SMILES string of the molecule is O=C(O)CCCc1csc(NC(=O)CC2CCCO2)n1. The van der Waals surface area contributed by atoms with Crippen LogP contribution in [0, 0.1) is 0 Å². The van der Waals surface area contributed by atoms with Crippen molar-refractivity contribution >= 4 is 28.3 Å². The Morgan fingerprint density at radius 1 is 1.55 bits per heavy atom. The van der Waals surface area contributed by atoms with Crippen LogP contribution in [0.15, 0.2) is 5.38 Å². The van der Waals surface area contributed by atoms with Gasteiger partial charge in [0.25, 0.3) is 0 Å². The van der Waals surface area contributed by atoms with E-state index >= 15 is 0 Å². The molecule has 6 nitrogen and oxygen atoms in total. The Bertz CT molecular complexity index is 469. The highest BCUT2D eigenvalue weighted by Gasteiger charge is 2.19. The quantitative estimate of drug-likeness (QED) is 0.804. The fourth-order valence-corrected chi connectivity index (χ4v) is 2.84. The zero-order chi connectivity index (χ0) is 14.4. The van der Waals surface area contributed by atoms with Gasteiger partial charge in [-0.25, -0.2) is 4.98 Å². The molecule has 0 saturated carbocycles. The summed E-state index contributed by atoms with van der Waals surface area (Å²) in [5, 5.41) is 13.7. The van der Waals surface area contributed by atoms with E-state index in [2.05, 4.69) is 10.3 Å². The van der Waals surface area contributed by atoms with E-state index in [4.69, 9.17) is 9.84 Å². The van der Waals surface area contributed by atoms with Crippen molar-refractivity contribution in [2.24, 2.45) is 0 Å². The van der Waals surface area contributed by atoms with Crippen molar-refractivity contribution < 1.29 is 19.4 Å². The second-order valence-electron chi connectivity index (χ2n) is 4.78. The van der Waals surface area contributed by atoms with Gasteiger partial charge in [-0.05, 0) is 25.7 Å². The Kier molecular flexibility index (Phi) is 5.49. The number of carboxylic acid groups (broad SMARTS) is 1. The summed E-state index contributed by atoms with van der Waals surface area (Å²) in [5.74, 6) is -0.881. The molecule has 20 heavy (non-hydrogen) atoms. The van der Waals surface area contributed by atoms with Crippen LogP contribution >= 0.6 is 11.3 Å². The molecule has 0 radical (unpaired) electrons. The van der Waals surface area contributed by atoms with Gasteiger partial charge >= 0.3 is 5.97 Å². The average molecular weight is 298 g/mol. The van der Waals surface area contributed by atoms with Gasteiger partial charge in [0, 0.05) is 18.4 Å². The van der Waals surface area contributed by atoms with Crippen LogP contribution in [0.1, 0.15) is 37.8 Å². The zero-order valence-electron chi connectivity index (χ0n) is 11.1. The number of amides is 1. The number of rotatable bonds is 7.